The Balaban J connectivity index is 1.92. The Labute approximate surface area is 108 Å². The fraction of sp³-hybridized carbons (Fsp3) is 0.538. The molecule has 2 aromatic heterocycles. The number of hydrogen-bond acceptors (Lipinski definition) is 3. The minimum atomic E-state index is 0.839. The highest BCUT2D eigenvalue weighted by atomic mass is 15.3. The number of hydrogen-bond donors (Lipinski definition) is 1. The van der Waals surface area contributed by atoms with Gasteiger partial charge in [0.1, 0.15) is 0 Å². The van der Waals surface area contributed by atoms with Crippen LogP contribution in [-0.2, 0) is 33.1 Å². The maximum atomic E-state index is 4.44. The molecule has 1 N–H and O–H groups in total. The first-order chi connectivity index (χ1) is 8.74. The van der Waals surface area contributed by atoms with Gasteiger partial charge in [-0.15, -0.1) is 0 Å². The molecule has 18 heavy (non-hydrogen) atoms. The molecule has 0 saturated carbocycles. The predicted octanol–water partition coefficient (Wildman–Crippen LogP) is 1.49. The van der Waals surface area contributed by atoms with Crippen LogP contribution in [-0.4, -0.2) is 19.6 Å². The van der Waals surface area contributed by atoms with Crippen LogP contribution in [0.15, 0.2) is 18.5 Å². The highest BCUT2D eigenvalue weighted by Crippen LogP contribution is 2.07. The number of rotatable bonds is 6. The molecular weight excluding hydrogens is 226 g/mol. The van der Waals surface area contributed by atoms with E-state index >= 15 is 0 Å². The zero-order valence-corrected chi connectivity index (χ0v) is 11.3. The van der Waals surface area contributed by atoms with Crippen molar-refractivity contribution < 1.29 is 0 Å². The standard InChI is InChI=1S/C13H21N5/c1-4-13-11(10-17(3)16-13)8-14-9-12-6-7-15-18(12)5-2/h6-7,10,14H,4-5,8-9H2,1-3H3. The Bertz CT molecular complexity index is 497. The highest BCUT2D eigenvalue weighted by Gasteiger charge is 2.06. The van der Waals surface area contributed by atoms with Crippen molar-refractivity contribution in [3.05, 3.63) is 35.4 Å². The van der Waals surface area contributed by atoms with Crippen LogP contribution in [0.4, 0.5) is 0 Å². The molecule has 2 rings (SSSR count). The Morgan fingerprint density at radius 2 is 2.11 bits per heavy atom. The third-order valence-corrected chi connectivity index (χ3v) is 3.05. The van der Waals surface area contributed by atoms with Crippen LogP contribution < -0.4 is 5.32 Å². The molecule has 0 aliphatic heterocycles. The molecule has 0 amide bonds. The minimum absolute atomic E-state index is 0.839. The summed E-state index contributed by atoms with van der Waals surface area (Å²) in [5.41, 5.74) is 3.68. The third kappa shape index (κ3) is 2.79. The molecule has 0 aromatic carbocycles. The number of aryl methyl sites for hydroxylation is 3. The van der Waals surface area contributed by atoms with Gasteiger partial charge in [0, 0.05) is 44.6 Å². The van der Waals surface area contributed by atoms with Crippen molar-refractivity contribution in [1.82, 2.24) is 24.9 Å². The van der Waals surface area contributed by atoms with E-state index in [0.717, 1.165) is 26.1 Å². The summed E-state index contributed by atoms with van der Waals surface area (Å²) in [5.74, 6) is 0. The van der Waals surface area contributed by atoms with Gasteiger partial charge in [0.05, 0.1) is 11.4 Å². The average Bonchev–Trinajstić information content (AvgIpc) is 2.95. The van der Waals surface area contributed by atoms with Gasteiger partial charge < -0.3 is 5.32 Å². The summed E-state index contributed by atoms with van der Waals surface area (Å²) >= 11 is 0. The van der Waals surface area contributed by atoms with E-state index in [1.54, 1.807) is 0 Å². The summed E-state index contributed by atoms with van der Waals surface area (Å²) in [7, 11) is 1.97. The molecule has 0 aliphatic carbocycles. The van der Waals surface area contributed by atoms with E-state index in [1.165, 1.54) is 17.0 Å². The number of aromatic nitrogens is 4. The van der Waals surface area contributed by atoms with Gasteiger partial charge in [-0.2, -0.15) is 10.2 Å². The smallest absolute Gasteiger partial charge is 0.0666 e. The van der Waals surface area contributed by atoms with Crippen LogP contribution in [0.25, 0.3) is 0 Å². The number of nitrogens with one attached hydrogen (secondary N) is 1. The summed E-state index contributed by atoms with van der Waals surface area (Å²) in [6.07, 6.45) is 4.91. The van der Waals surface area contributed by atoms with E-state index < -0.39 is 0 Å². The van der Waals surface area contributed by atoms with Crippen LogP contribution in [0.3, 0.4) is 0 Å². The first-order valence-electron chi connectivity index (χ1n) is 6.47. The summed E-state index contributed by atoms with van der Waals surface area (Å²) in [6, 6.07) is 2.06. The molecular formula is C13H21N5. The molecule has 5 nitrogen and oxygen atoms in total. The van der Waals surface area contributed by atoms with Gasteiger partial charge in [-0.05, 0) is 19.4 Å². The fourth-order valence-electron chi connectivity index (χ4n) is 2.15. The second-order valence-corrected chi connectivity index (χ2v) is 4.37. The van der Waals surface area contributed by atoms with Crippen molar-refractivity contribution in [3.63, 3.8) is 0 Å². The van der Waals surface area contributed by atoms with Gasteiger partial charge in [0.15, 0.2) is 0 Å². The van der Waals surface area contributed by atoms with Crippen molar-refractivity contribution in [2.45, 2.75) is 39.9 Å². The first kappa shape index (κ1) is 12.8. The monoisotopic (exact) mass is 247 g/mol. The van der Waals surface area contributed by atoms with Gasteiger partial charge in [0.2, 0.25) is 0 Å². The Morgan fingerprint density at radius 3 is 2.83 bits per heavy atom. The van der Waals surface area contributed by atoms with Crippen molar-refractivity contribution in [2.75, 3.05) is 0 Å². The molecule has 0 saturated heterocycles. The Hall–Kier alpha value is -1.62. The topological polar surface area (TPSA) is 47.7 Å². The average molecular weight is 247 g/mol. The van der Waals surface area contributed by atoms with Crippen molar-refractivity contribution >= 4 is 0 Å². The zero-order valence-electron chi connectivity index (χ0n) is 11.3. The van der Waals surface area contributed by atoms with E-state index in [-0.39, 0.29) is 0 Å². The van der Waals surface area contributed by atoms with Gasteiger partial charge in [-0.3, -0.25) is 9.36 Å². The van der Waals surface area contributed by atoms with Crippen LogP contribution >= 0.6 is 0 Å². The maximum Gasteiger partial charge on any atom is 0.0666 e. The van der Waals surface area contributed by atoms with Crippen LogP contribution in [0, 0.1) is 0 Å². The SMILES string of the molecule is CCc1nn(C)cc1CNCc1ccnn1CC. The van der Waals surface area contributed by atoms with E-state index in [2.05, 4.69) is 41.6 Å². The van der Waals surface area contributed by atoms with Crippen molar-refractivity contribution in [1.29, 1.82) is 0 Å². The van der Waals surface area contributed by atoms with Gasteiger partial charge in [-0.25, -0.2) is 0 Å². The van der Waals surface area contributed by atoms with Gasteiger partial charge in [-0.1, -0.05) is 6.92 Å². The van der Waals surface area contributed by atoms with Gasteiger partial charge >= 0.3 is 0 Å². The summed E-state index contributed by atoms with van der Waals surface area (Å²) in [5, 5.41) is 12.1. The normalized spacial score (nSPS) is 11.1. The minimum Gasteiger partial charge on any atom is -0.307 e. The lowest BCUT2D eigenvalue weighted by Gasteiger charge is -2.06. The summed E-state index contributed by atoms with van der Waals surface area (Å²) < 4.78 is 3.89. The molecule has 0 atom stereocenters. The van der Waals surface area contributed by atoms with Crippen molar-refractivity contribution in [2.24, 2.45) is 7.05 Å². The first-order valence-corrected chi connectivity index (χ1v) is 6.47. The van der Waals surface area contributed by atoms with Crippen LogP contribution in [0.5, 0.6) is 0 Å². The van der Waals surface area contributed by atoms with E-state index in [0.29, 0.717) is 0 Å². The Kier molecular flexibility index (Phi) is 4.15. The summed E-state index contributed by atoms with van der Waals surface area (Å²) in [6.45, 7) is 6.85. The lowest BCUT2D eigenvalue weighted by Crippen LogP contribution is -2.16. The second kappa shape index (κ2) is 5.82. The molecule has 2 aromatic rings. The highest BCUT2D eigenvalue weighted by molar-refractivity contribution is 5.16. The zero-order chi connectivity index (χ0) is 13.0. The van der Waals surface area contributed by atoms with Crippen LogP contribution in [0.1, 0.15) is 30.8 Å². The molecule has 5 heteroatoms. The van der Waals surface area contributed by atoms with E-state index in [9.17, 15) is 0 Å². The Morgan fingerprint density at radius 1 is 1.28 bits per heavy atom. The molecule has 0 fully saturated rings. The van der Waals surface area contributed by atoms with E-state index in [1.807, 2.05) is 22.6 Å². The molecule has 0 spiro atoms. The van der Waals surface area contributed by atoms with Crippen LogP contribution in [0.2, 0.25) is 0 Å². The fourth-order valence-corrected chi connectivity index (χ4v) is 2.15. The van der Waals surface area contributed by atoms with Crippen molar-refractivity contribution in [3.8, 4) is 0 Å². The van der Waals surface area contributed by atoms with E-state index in [4.69, 9.17) is 0 Å². The number of nitrogens with zero attached hydrogens (tertiary/aromatic N) is 4. The maximum absolute atomic E-state index is 4.44. The third-order valence-electron chi connectivity index (χ3n) is 3.05. The lowest BCUT2D eigenvalue weighted by molar-refractivity contribution is 0.580. The molecule has 0 radical (unpaired) electrons. The second-order valence-electron chi connectivity index (χ2n) is 4.37. The quantitative estimate of drug-likeness (QED) is 0.841. The largest absolute Gasteiger partial charge is 0.307 e. The molecule has 0 bridgehead atoms. The lowest BCUT2D eigenvalue weighted by atomic mass is 10.2. The van der Waals surface area contributed by atoms with Gasteiger partial charge in [0.25, 0.3) is 0 Å². The molecule has 0 unspecified atom stereocenters. The predicted molar refractivity (Wildman–Crippen MR) is 71.0 cm³/mol. The molecule has 0 aliphatic rings. The molecule has 98 valence electrons. The summed E-state index contributed by atoms with van der Waals surface area (Å²) in [4.78, 5) is 0. The molecule has 2 heterocycles.